The second-order valence-electron chi connectivity index (χ2n) is 9.56. The first-order chi connectivity index (χ1) is 18.5. The number of fused-ring (bicyclic) bond motifs is 1. The molecule has 1 saturated heterocycles. The van der Waals surface area contributed by atoms with E-state index in [2.05, 4.69) is 32.6 Å². The third kappa shape index (κ3) is 5.03. The highest BCUT2D eigenvalue weighted by Gasteiger charge is 2.43. The summed E-state index contributed by atoms with van der Waals surface area (Å²) in [7, 11) is 1.90. The van der Waals surface area contributed by atoms with Gasteiger partial charge in [0.15, 0.2) is 0 Å². The summed E-state index contributed by atoms with van der Waals surface area (Å²) in [4.78, 5) is 16.5. The molecular formula is C29H41N7O2. The molecule has 1 amide bonds. The number of benzene rings is 1. The number of hydrogen-bond acceptors (Lipinski definition) is 7. The molecule has 1 aromatic heterocycles. The number of anilines is 1. The highest BCUT2D eigenvalue weighted by molar-refractivity contribution is 5.76. The van der Waals surface area contributed by atoms with Gasteiger partial charge in [0.2, 0.25) is 5.91 Å². The van der Waals surface area contributed by atoms with E-state index in [9.17, 15) is 10.1 Å². The lowest BCUT2D eigenvalue weighted by Gasteiger charge is -2.33. The van der Waals surface area contributed by atoms with E-state index in [1.54, 1.807) is 11.6 Å². The van der Waals surface area contributed by atoms with E-state index < -0.39 is 0 Å². The molecule has 2 aromatic rings. The standard InChI is InChI=1S/C25H29N7O2.2C2H6/c1-16(33)30-6-4-23-22(14-30)25(28-32(23)20-5-8-34-15-20)31-7-3-21-18(11-26)9-17(10-24(21)31)19-12-27-29(2)13-19;2*1-2/h9-10,12-13,20,25,28H,3-8,14-15H2,1-2H3;2*1-2H3. The molecule has 9 heteroatoms. The second-order valence-corrected chi connectivity index (χ2v) is 9.56. The summed E-state index contributed by atoms with van der Waals surface area (Å²) in [5.41, 5.74) is 11.3. The number of rotatable bonds is 3. The summed E-state index contributed by atoms with van der Waals surface area (Å²) >= 11 is 0. The molecule has 6 rings (SSSR count). The van der Waals surface area contributed by atoms with Gasteiger partial charge in [0.25, 0.3) is 0 Å². The molecule has 38 heavy (non-hydrogen) atoms. The van der Waals surface area contributed by atoms with E-state index in [1.165, 1.54) is 11.3 Å². The monoisotopic (exact) mass is 519 g/mol. The van der Waals surface area contributed by atoms with Crippen molar-refractivity contribution in [2.75, 3.05) is 37.7 Å². The maximum absolute atomic E-state index is 12.2. The minimum atomic E-state index is -0.0466. The lowest BCUT2D eigenvalue weighted by molar-refractivity contribution is -0.128. The first-order valence-corrected chi connectivity index (χ1v) is 14.0. The van der Waals surface area contributed by atoms with Crippen molar-refractivity contribution in [1.29, 1.82) is 5.26 Å². The van der Waals surface area contributed by atoms with E-state index in [4.69, 9.17) is 4.74 Å². The van der Waals surface area contributed by atoms with Crippen LogP contribution in [0.5, 0.6) is 0 Å². The average molecular weight is 520 g/mol. The summed E-state index contributed by atoms with van der Waals surface area (Å²) in [6, 6.07) is 6.89. The van der Waals surface area contributed by atoms with Crippen LogP contribution in [0.4, 0.5) is 5.69 Å². The first-order valence-electron chi connectivity index (χ1n) is 14.0. The largest absolute Gasteiger partial charge is 0.379 e. The van der Waals surface area contributed by atoms with Crippen molar-refractivity contribution in [3.63, 3.8) is 0 Å². The van der Waals surface area contributed by atoms with Gasteiger partial charge in [-0.05, 0) is 36.1 Å². The highest BCUT2D eigenvalue weighted by Crippen LogP contribution is 2.41. The van der Waals surface area contributed by atoms with E-state index >= 15 is 0 Å². The molecule has 1 aromatic carbocycles. The van der Waals surface area contributed by atoms with E-state index in [1.807, 2.05) is 58.1 Å². The Bertz CT molecular complexity index is 1220. The third-order valence-corrected chi connectivity index (χ3v) is 7.56. The number of aryl methyl sites for hydroxylation is 1. The van der Waals surface area contributed by atoms with Gasteiger partial charge in [-0.25, -0.2) is 5.43 Å². The topological polar surface area (TPSA) is 89.7 Å². The predicted octanol–water partition coefficient (Wildman–Crippen LogP) is 3.82. The minimum Gasteiger partial charge on any atom is -0.379 e. The Kier molecular flexibility index (Phi) is 8.75. The Labute approximate surface area is 226 Å². The summed E-state index contributed by atoms with van der Waals surface area (Å²) in [5, 5.41) is 16.6. The molecule has 1 N–H and O–H groups in total. The SMILES string of the molecule is CC.CC.CC(=O)N1CCC2=C(C1)C(N1CCc3c(C#N)cc(-c4cnn(C)c4)cc31)NN2C1CCOC1. The fraction of sp³-hybridized carbons (Fsp3) is 0.552. The average Bonchev–Trinajstić information content (AvgIpc) is 3.76. The van der Waals surface area contributed by atoms with Crippen LogP contribution >= 0.6 is 0 Å². The van der Waals surface area contributed by atoms with E-state index in [0.29, 0.717) is 19.2 Å². The smallest absolute Gasteiger partial charge is 0.219 e. The van der Waals surface area contributed by atoms with Crippen molar-refractivity contribution in [2.45, 2.75) is 66.1 Å². The van der Waals surface area contributed by atoms with Gasteiger partial charge in [-0.3, -0.25) is 9.48 Å². The Morgan fingerprint density at radius 3 is 2.58 bits per heavy atom. The van der Waals surface area contributed by atoms with E-state index in [-0.39, 0.29) is 12.1 Å². The van der Waals surface area contributed by atoms with Gasteiger partial charge in [0.05, 0.1) is 30.5 Å². The molecule has 4 aliphatic rings. The molecule has 0 aliphatic carbocycles. The van der Waals surface area contributed by atoms with Crippen LogP contribution in [0.2, 0.25) is 0 Å². The van der Waals surface area contributed by atoms with Gasteiger partial charge in [0.1, 0.15) is 6.17 Å². The molecule has 2 atom stereocenters. The second kappa shape index (κ2) is 12.0. The Morgan fingerprint density at radius 2 is 1.95 bits per heavy atom. The Balaban J connectivity index is 0.000000804. The fourth-order valence-corrected chi connectivity index (χ4v) is 5.80. The summed E-state index contributed by atoms with van der Waals surface area (Å²) in [5.74, 6) is 0.111. The number of amides is 1. The first kappa shape index (κ1) is 27.7. The molecule has 0 saturated carbocycles. The van der Waals surface area contributed by atoms with Crippen LogP contribution in [0, 0.1) is 11.3 Å². The van der Waals surface area contributed by atoms with Crippen LogP contribution in [-0.2, 0) is 23.0 Å². The number of nitriles is 1. The van der Waals surface area contributed by atoms with Crippen LogP contribution in [0.25, 0.3) is 11.1 Å². The maximum Gasteiger partial charge on any atom is 0.219 e. The van der Waals surface area contributed by atoms with Gasteiger partial charge in [0, 0.05) is 75.4 Å². The number of carbonyl (C=O) groups excluding carboxylic acids is 1. The molecule has 4 aliphatic heterocycles. The van der Waals surface area contributed by atoms with Crippen molar-refractivity contribution in [2.24, 2.45) is 7.05 Å². The number of ether oxygens (including phenoxy) is 1. The normalized spacial score (nSPS) is 21.8. The molecule has 0 spiro atoms. The Morgan fingerprint density at radius 1 is 1.16 bits per heavy atom. The third-order valence-electron chi connectivity index (χ3n) is 7.56. The minimum absolute atomic E-state index is 0.0466. The fourth-order valence-electron chi connectivity index (χ4n) is 5.80. The number of nitrogens with one attached hydrogen (secondary N) is 1. The number of aromatic nitrogens is 2. The van der Waals surface area contributed by atoms with E-state index in [0.717, 1.165) is 66.9 Å². The zero-order valence-corrected chi connectivity index (χ0v) is 23.6. The van der Waals surface area contributed by atoms with Crippen molar-refractivity contribution in [1.82, 2.24) is 25.1 Å². The van der Waals surface area contributed by atoms with Crippen LogP contribution in [-0.4, -0.2) is 70.7 Å². The van der Waals surface area contributed by atoms with Gasteiger partial charge in [-0.1, -0.05) is 27.7 Å². The van der Waals surface area contributed by atoms with Gasteiger partial charge in [-0.15, -0.1) is 0 Å². The molecular weight excluding hydrogens is 478 g/mol. The molecule has 204 valence electrons. The van der Waals surface area contributed by atoms with Crippen LogP contribution in [0.15, 0.2) is 35.8 Å². The zero-order chi connectivity index (χ0) is 27.4. The van der Waals surface area contributed by atoms with Crippen LogP contribution in [0.1, 0.15) is 58.6 Å². The van der Waals surface area contributed by atoms with Gasteiger partial charge >= 0.3 is 0 Å². The lowest BCUT2D eigenvalue weighted by Crippen LogP contribution is -2.51. The summed E-state index contributed by atoms with van der Waals surface area (Å²) in [6.45, 7) is 13.3. The number of hydrogen-bond donors (Lipinski definition) is 1. The van der Waals surface area contributed by atoms with Crippen molar-refractivity contribution in [3.8, 4) is 17.2 Å². The number of hydrazine groups is 1. The molecule has 0 radical (unpaired) electrons. The lowest BCUT2D eigenvalue weighted by atomic mass is 9.99. The Hall–Kier alpha value is -3.35. The zero-order valence-electron chi connectivity index (χ0n) is 23.6. The van der Waals surface area contributed by atoms with Crippen molar-refractivity contribution >= 4 is 11.6 Å². The molecule has 1 fully saturated rings. The van der Waals surface area contributed by atoms with Gasteiger partial charge < -0.3 is 19.5 Å². The quantitative estimate of drug-likeness (QED) is 0.660. The molecule has 9 nitrogen and oxygen atoms in total. The number of carbonyl (C=O) groups is 1. The highest BCUT2D eigenvalue weighted by atomic mass is 16.5. The molecule has 5 heterocycles. The summed E-state index contributed by atoms with van der Waals surface area (Å²) in [6.07, 6.45) is 6.43. The summed E-state index contributed by atoms with van der Waals surface area (Å²) < 4.78 is 7.48. The number of nitrogens with zero attached hydrogens (tertiary/aromatic N) is 6. The maximum atomic E-state index is 12.2. The van der Waals surface area contributed by atoms with Crippen molar-refractivity contribution < 1.29 is 9.53 Å². The predicted molar refractivity (Wildman–Crippen MR) is 149 cm³/mol. The van der Waals surface area contributed by atoms with Gasteiger partial charge in [-0.2, -0.15) is 10.4 Å². The van der Waals surface area contributed by atoms with Crippen LogP contribution < -0.4 is 10.3 Å². The van der Waals surface area contributed by atoms with Crippen molar-refractivity contribution in [3.05, 3.63) is 46.9 Å². The molecule has 2 unspecified atom stereocenters. The van der Waals surface area contributed by atoms with Crippen LogP contribution in [0.3, 0.4) is 0 Å². The molecule has 0 bridgehead atoms.